The van der Waals surface area contributed by atoms with Crippen molar-refractivity contribution in [2.75, 3.05) is 0 Å². The molecule has 1 aliphatic rings. The Bertz CT molecular complexity index is 872. The number of halogens is 1. The van der Waals surface area contributed by atoms with Gasteiger partial charge >= 0.3 is 0 Å². The Morgan fingerprint density at radius 1 is 1.09 bits per heavy atom. The lowest BCUT2D eigenvalue weighted by atomic mass is 10.0. The molecule has 0 aliphatic heterocycles. The third-order valence-corrected chi connectivity index (χ3v) is 5.30. The highest BCUT2D eigenvalue weighted by molar-refractivity contribution is 14.1. The van der Waals surface area contributed by atoms with E-state index in [1.807, 2.05) is 18.3 Å². The van der Waals surface area contributed by atoms with Gasteiger partial charge in [0.15, 0.2) is 0 Å². The van der Waals surface area contributed by atoms with Crippen LogP contribution in [0.3, 0.4) is 0 Å². The number of hydrogen-bond acceptors (Lipinski definition) is 2. The number of benzene rings is 2. The van der Waals surface area contributed by atoms with E-state index in [0.29, 0.717) is 18.1 Å². The van der Waals surface area contributed by atoms with Crippen LogP contribution < -0.4 is 0 Å². The van der Waals surface area contributed by atoms with Crippen molar-refractivity contribution >= 4 is 39.1 Å². The van der Waals surface area contributed by atoms with E-state index in [9.17, 15) is 4.79 Å². The van der Waals surface area contributed by atoms with Crippen molar-refractivity contribution in [3.05, 3.63) is 75.6 Å². The summed E-state index contributed by atoms with van der Waals surface area (Å²) >= 11 is 2.31. The first-order chi connectivity index (χ1) is 11.2. The van der Waals surface area contributed by atoms with Crippen molar-refractivity contribution in [2.24, 2.45) is 5.92 Å². The molecule has 4 rings (SSSR count). The molecule has 0 radical (unpaired) electrons. The molecule has 0 spiro atoms. The highest BCUT2D eigenvalue weighted by atomic mass is 127. The van der Waals surface area contributed by atoms with Gasteiger partial charge in [0.1, 0.15) is 5.78 Å². The van der Waals surface area contributed by atoms with Crippen LogP contribution in [-0.2, 0) is 11.2 Å². The van der Waals surface area contributed by atoms with E-state index in [-0.39, 0.29) is 5.92 Å². The predicted octanol–water partition coefficient (Wildman–Crippen LogP) is 4.75. The average Bonchev–Trinajstić information content (AvgIpc) is 3.36. The highest BCUT2D eigenvalue weighted by Gasteiger charge is 2.43. The number of rotatable bonds is 4. The summed E-state index contributed by atoms with van der Waals surface area (Å²) in [6.07, 6.45) is 5.18. The van der Waals surface area contributed by atoms with Crippen LogP contribution in [0.5, 0.6) is 0 Å². The first kappa shape index (κ1) is 14.8. The Morgan fingerprint density at radius 2 is 1.91 bits per heavy atom. The molecule has 2 aromatic carbocycles. The summed E-state index contributed by atoms with van der Waals surface area (Å²) in [6, 6.07) is 16.7. The van der Waals surface area contributed by atoms with E-state index in [1.165, 1.54) is 9.13 Å². The lowest BCUT2D eigenvalue weighted by Crippen LogP contribution is -2.06. The van der Waals surface area contributed by atoms with Crippen LogP contribution in [-0.4, -0.2) is 10.8 Å². The predicted molar refractivity (Wildman–Crippen MR) is 100 cm³/mol. The third kappa shape index (κ3) is 3.15. The number of aromatic nitrogens is 1. The summed E-state index contributed by atoms with van der Waals surface area (Å²) in [5.74, 6) is 0.981. The average molecular weight is 413 g/mol. The lowest BCUT2D eigenvalue weighted by molar-refractivity contribution is -0.119. The topological polar surface area (TPSA) is 30.0 Å². The molecule has 1 heterocycles. The maximum Gasteiger partial charge on any atom is 0.140 e. The summed E-state index contributed by atoms with van der Waals surface area (Å²) in [7, 11) is 0. The Balaban J connectivity index is 1.46. The summed E-state index contributed by atoms with van der Waals surface area (Å²) in [6.45, 7) is 0. The van der Waals surface area contributed by atoms with E-state index >= 15 is 0 Å². The molecule has 1 aromatic heterocycles. The number of ketones is 1. The van der Waals surface area contributed by atoms with Crippen molar-refractivity contribution in [1.29, 1.82) is 0 Å². The van der Waals surface area contributed by atoms with Gasteiger partial charge in [-0.2, -0.15) is 0 Å². The number of fused-ring (bicyclic) bond motifs is 1. The molecule has 0 saturated heterocycles. The second-order valence-corrected chi connectivity index (χ2v) is 7.45. The number of hydrogen-bond donors (Lipinski definition) is 0. The van der Waals surface area contributed by atoms with Gasteiger partial charge in [0.25, 0.3) is 0 Å². The maximum atomic E-state index is 12.5. The molecule has 0 bridgehead atoms. The van der Waals surface area contributed by atoms with Gasteiger partial charge in [0, 0.05) is 33.7 Å². The zero-order chi connectivity index (χ0) is 15.8. The zero-order valence-electron chi connectivity index (χ0n) is 12.6. The van der Waals surface area contributed by atoms with E-state index < -0.39 is 0 Å². The van der Waals surface area contributed by atoms with Gasteiger partial charge in [0.2, 0.25) is 0 Å². The van der Waals surface area contributed by atoms with Gasteiger partial charge in [-0.1, -0.05) is 30.3 Å². The van der Waals surface area contributed by atoms with Crippen LogP contribution >= 0.6 is 22.6 Å². The van der Waals surface area contributed by atoms with E-state index in [0.717, 1.165) is 22.8 Å². The molecule has 2 atom stereocenters. The normalized spacial score (nSPS) is 19.7. The molecule has 0 amide bonds. The summed E-state index contributed by atoms with van der Waals surface area (Å²) < 4.78 is 1.24. The molecule has 1 aliphatic carbocycles. The van der Waals surface area contributed by atoms with Crippen LogP contribution in [0.4, 0.5) is 0 Å². The lowest BCUT2D eigenvalue weighted by Gasteiger charge is -2.04. The minimum absolute atomic E-state index is 0.197. The molecule has 0 N–H and O–H groups in total. The van der Waals surface area contributed by atoms with Crippen molar-refractivity contribution in [1.82, 2.24) is 4.98 Å². The van der Waals surface area contributed by atoms with Gasteiger partial charge in [-0.05, 0) is 69.6 Å². The van der Waals surface area contributed by atoms with Crippen molar-refractivity contribution in [3.63, 3.8) is 0 Å². The number of carbonyl (C=O) groups is 1. The van der Waals surface area contributed by atoms with Gasteiger partial charge in [-0.3, -0.25) is 9.78 Å². The summed E-state index contributed by atoms with van der Waals surface area (Å²) in [5, 5.41) is 2.27. The zero-order valence-corrected chi connectivity index (χ0v) is 14.7. The molecule has 1 fully saturated rings. The van der Waals surface area contributed by atoms with E-state index in [4.69, 9.17) is 0 Å². The van der Waals surface area contributed by atoms with Crippen LogP contribution in [0.15, 0.2) is 60.9 Å². The Morgan fingerprint density at radius 3 is 2.74 bits per heavy atom. The molecule has 2 nitrogen and oxygen atoms in total. The van der Waals surface area contributed by atoms with Gasteiger partial charge in [-0.25, -0.2) is 0 Å². The van der Waals surface area contributed by atoms with Gasteiger partial charge in [0.05, 0.1) is 0 Å². The molecule has 3 heteroatoms. The maximum absolute atomic E-state index is 12.5. The monoisotopic (exact) mass is 413 g/mol. The Kier molecular flexibility index (Phi) is 3.89. The number of nitrogens with zero attached hydrogens (tertiary/aromatic N) is 1. The molecule has 1 saturated carbocycles. The number of carbonyl (C=O) groups excluding carboxylic acids is 1. The highest BCUT2D eigenvalue weighted by Crippen LogP contribution is 2.48. The fraction of sp³-hybridized carbons (Fsp3) is 0.200. The third-order valence-electron chi connectivity index (χ3n) is 4.59. The standard InChI is InChI=1S/C20H16INO/c21-17-5-3-14(4-6-17)18-11-19(18)20(23)10-13-1-2-16-12-22-8-7-15(16)9-13/h1-9,12,18-19H,10-11H2/t18-,19+/m0/s1. The fourth-order valence-electron chi connectivity index (χ4n) is 3.20. The van der Waals surface area contributed by atoms with Crippen LogP contribution in [0.25, 0.3) is 10.8 Å². The second-order valence-electron chi connectivity index (χ2n) is 6.20. The molecule has 114 valence electrons. The van der Waals surface area contributed by atoms with Crippen LogP contribution in [0.2, 0.25) is 0 Å². The SMILES string of the molecule is O=C(Cc1ccc2cnccc2c1)[C@@H]1C[C@H]1c1ccc(I)cc1. The Labute approximate surface area is 149 Å². The number of Topliss-reactive ketones (excluding diaryl/α,β-unsaturated/α-hetero) is 1. The second kappa shape index (κ2) is 6.04. The van der Waals surface area contributed by atoms with Gasteiger partial charge in [-0.15, -0.1) is 0 Å². The molecular formula is C20H16INO. The first-order valence-corrected chi connectivity index (χ1v) is 8.89. The largest absolute Gasteiger partial charge is 0.299 e. The molecule has 3 aromatic rings. The summed E-state index contributed by atoms with van der Waals surface area (Å²) in [5.41, 5.74) is 2.40. The Hall–Kier alpha value is -1.75. The van der Waals surface area contributed by atoms with Crippen molar-refractivity contribution in [3.8, 4) is 0 Å². The van der Waals surface area contributed by atoms with Crippen molar-refractivity contribution in [2.45, 2.75) is 18.8 Å². The fourth-order valence-corrected chi connectivity index (χ4v) is 3.56. The van der Waals surface area contributed by atoms with E-state index in [1.54, 1.807) is 6.20 Å². The number of pyridine rings is 1. The van der Waals surface area contributed by atoms with Crippen molar-refractivity contribution < 1.29 is 4.79 Å². The molecule has 0 unspecified atom stereocenters. The quantitative estimate of drug-likeness (QED) is 0.578. The summed E-state index contributed by atoms with van der Waals surface area (Å²) in [4.78, 5) is 16.7. The van der Waals surface area contributed by atoms with E-state index in [2.05, 4.69) is 64.0 Å². The minimum Gasteiger partial charge on any atom is -0.299 e. The van der Waals surface area contributed by atoms with Crippen LogP contribution in [0, 0.1) is 9.49 Å². The smallest absolute Gasteiger partial charge is 0.140 e. The first-order valence-electron chi connectivity index (χ1n) is 7.81. The van der Waals surface area contributed by atoms with Gasteiger partial charge < -0.3 is 0 Å². The molecule has 23 heavy (non-hydrogen) atoms. The minimum atomic E-state index is 0.197. The molecular weight excluding hydrogens is 397 g/mol. The van der Waals surface area contributed by atoms with Crippen LogP contribution in [0.1, 0.15) is 23.5 Å².